The van der Waals surface area contributed by atoms with Crippen LogP contribution in [0.25, 0.3) is 10.9 Å². The first-order valence-corrected chi connectivity index (χ1v) is 8.03. The predicted octanol–water partition coefficient (Wildman–Crippen LogP) is 2.35. The second kappa shape index (κ2) is 7.20. The predicted molar refractivity (Wildman–Crippen MR) is 100 cm³/mol. The highest BCUT2D eigenvalue weighted by Crippen LogP contribution is 2.21. The van der Waals surface area contributed by atoms with Crippen molar-refractivity contribution >= 4 is 33.0 Å². The van der Waals surface area contributed by atoms with Crippen LogP contribution in [-0.2, 0) is 0 Å². The van der Waals surface area contributed by atoms with Gasteiger partial charge in [0.15, 0.2) is 0 Å². The number of halogens is 1. The molecule has 0 aliphatic heterocycles. The van der Waals surface area contributed by atoms with E-state index < -0.39 is 11.2 Å². The Balaban J connectivity index is 2.08. The summed E-state index contributed by atoms with van der Waals surface area (Å²) in [5, 5.41) is 4.39. The molecule has 6 nitrogen and oxygen atoms in total. The molecule has 0 radical (unpaired) electrons. The molecule has 1 aromatic heterocycles. The van der Waals surface area contributed by atoms with Gasteiger partial charge in [-0.1, -0.05) is 34.0 Å². The summed E-state index contributed by atoms with van der Waals surface area (Å²) in [6.07, 6.45) is 6.58. The highest BCUT2D eigenvalue weighted by molar-refractivity contribution is 9.10. The molecule has 3 rings (SSSR count). The Kier molecular flexibility index (Phi) is 4.82. The van der Waals surface area contributed by atoms with Gasteiger partial charge in [-0.3, -0.25) is 4.79 Å². The van der Waals surface area contributed by atoms with Crippen LogP contribution in [0.15, 0.2) is 61.6 Å². The fourth-order valence-corrected chi connectivity index (χ4v) is 2.63. The molecular weight excluding hydrogens is 386 g/mol. The maximum atomic E-state index is 12.5. The van der Waals surface area contributed by atoms with E-state index in [0.29, 0.717) is 22.2 Å². The molecule has 1 heterocycles. The highest BCUT2D eigenvalue weighted by Gasteiger charge is 2.07. The summed E-state index contributed by atoms with van der Waals surface area (Å²) >= 11 is 3.36. The number of aromatic amines is 1. The molecule has 0 atom stereocenters. The number of aromatic nitrogens is 2. The number of hydrogen-bond donors (Lipinski definition) is 1. The first-order chi connectivity index (χ1) is 12.1. The molecule has 2 aromatic carbocycles. The summed E-state index contributed by atoms with van der Waals surface area (Å²) in [5.41, 5.74) is -0.0914. The molecule has 0 fully saturated rings. The van der Waals surface area contributed by atoms with Crippen molar-refractivity contribution < 1.29 is 4.74 Å². The maximum Gasteiger partial charge on any atom is 0.349 e. The standard InChI is InChI=1S/C18H12BrN3O3/c1-2-9-25-16-8-7-13(19)10-12(16)11-20-22-17(23)14-5-3-4-6-15(14)21-18(22)24/h1,3-8,10-11H,9H2,(H,21,24). The normalized spacial score (nSPS) is 10.9. The van der Waals surface area contributed by atoms with Crippen LogP contribution in [-0.4, -0.2) is 22.5 Å². The van der Waals surface area contributed by atoms with E-state index >= 15 is 0 Å². The molecule has 0 bridgehead atoms. The minimum atomic E-state index is -0.624. The molecule has 0 spiro atoms. The zero-order chi connectivity index (χ0) is 17.8. The van der Waals surface area contributed by atoms with Crippen molar-refractivity contribution in [2.24, 2.45) is 5.10 Å². The molecular formula is C18H12BrN3O3. The van der Waals surface area contributed by atoms with Gasteiger partial charge in [0, 0.05) is 10.0 Å². The zero-order valence-corrected chi connectivity index (χ0v) is 14.5. The Labute approximate surface area is 150 Å². The summed E-state index contributed by atoms with van der Waals surface area (Å²) in [6, 6.07) is 12.0. The number of terminal acetylenes is 1. The number of nitrogens with zero attached hydrogens (tertiary/aromatic N) is 2. The van der Waals surface area contributed by atoms with E-state index in [1.54, 1.807) is 42.5 Å². The average molecular weight is 398 g/mol. The van der Waals surface area contributed by atoms with Crippen molar-refractivity contribution in [3.63, 3.8) is 0 Å². The molecule has 124 valence electrons. The van der Waals surface area contributed by atoms with Gasteiger partial charge in [-0.15, -0.1) is 11.1 Å². The third-order valence-electron chi connectivity index (χ3n) is 3.38. The number of H-pyrrole nitrogens is 1. The summed E-state index contributed by atoms with van der Waals surface area (Å²) in [7, 11) is 0. The van der Waals surface area contributed by atoms with Gasteiger partial charge in [0.05, 0.1) is 17.1 Å². The van der Waals surface area contributed by atoms with Gasteiger partial charge in [0.1, 0.15) is 12.4 Å². The lowest BCUT2D eigenvalue weighted by Crippen LogP contribution is -2.32. The Morgan fingerprint density at radius 1 is 1.28 bits per heavy atom. The molecule has 0 aliphatic rings. The number of rotatable bonds is 4. The highest BCUT2D eigenvalue weighted by atomic mass is 79.9. The van der Waals surface area contributed by atoms with Crippen molar-refractivity contribution in [3.8, 4) is 18.1 Å². The second-order valence-corrected chi connectivity index (χ2v) is 5.93. The molecule has 25 heavy (non-hydrogen) atoms. The van der Waals surface area contributed by atoms with E-state index in [0.717, 1.165) is 9.15 Å². The lowest BCUT2D eigenvalue weighted by Gasteiger charge is -2.07. The van der Waals surface area contributed by atoms with Crippen LogP contribution in [0.4, 0.5) is 0 Å². The molecule has 0 unspecified atom stereocenters. The first-order valence-electron chi connectivity index (χ1n) is 7.24. The number of para-hydroxylation sites is 1. The maximum absolute atomic E-state index is 12.5. The third kappa shape index (κ3) is 3.54. The van der Waals surface area contributed by atoms with Gasteiger partial charge in [-0.25, -0.2) is 4.79 Å². The SMILES string of the molecule is C#CCOc1ccc(Br)cc1C=Nn1c(=O)[nH]c2ccccc2c1=O. The molecule has 0 saturated heterocycles. The van der Waals surface area contributed by atoms with Gasteiger partial charge < -0.3 is 9.72 Å². The molecule has 1 N–H and O–H groups in total. The van der Waals surface area contributed by atoms with E-state index in [2.05, 4.69) is 31.9 Å². The molecule has 3 aromatic rings. The largest absolute Gasteiger partial charge is 0.480 e. The van der Waals surface area contributed by atoms with E-state index in [9.17, 15) is 9.59 Å². The fraction of sp³-hybridized carbons (Fsp3) is 0.0556. The number of benzene rings is 2. The third-order valence-corrected chi connectivity index (χ3v) is 3.87. The van der Waals surface area contributed by atoms with Crippen LogP contribution in [0.1, 0.15) is 5.56 Å². The average Bonchev–Trinajstić information content (AvgIpc) is 2.61. The van der Waals surface area contributed by atoms with Crippen LogP contribution in [0.3, 0.4) is 0 Å². The Morgan fingerprint density at radius 2 is 2.08 bits per heavy atom. The van der Waals surface area contributed by atoms with Crippen molar-refractivity contribution in [1.29, 1.82) is 0 Å². The van der Waals surface area contributed by atoms with Crippen LogP contribution < -0.4 is 16.0 Å². The quantitative estimate of drug-likeness (QED) is 0.542. The van der Waals surface area contributed by atoms with Crippen molar-refractivity contribution in [2.75, 3.05) is 6.61 Å². The zero-order valence-electron chi connectivity index (χ0n) is 12.9. The summed E-state index contributed by atoms with van der Waals surface area (Å²) in [4.78, 5) is 27.2. The summed E-state index contributed by atoms with van der Waals surface area (Å²) < 4.78 is 7.00. The Hall–Kier alpha value is -3.11. The van der Waals surface area contributed by atoms with Gasteiger partial charge in [-0.2, -0.15) is 5.10 Å². The lowest BCUT2D eigenvalue weighted by molar-refractivity contribution is 0.370. The van der Waals surface area contributed by atoms with Crippen LogP contribution >= 0.6 is 15.9 Å². The summed E-state index contributed by atoms with van der Waals surface area (Å²) in [5.74, 6) is 2.88. The Bertz CT molecular complexity index is 1120. The smallest absolute Gasteiger partial charge is 0.349 e. The first kappa shape index (κ1) is 16.7. The number of fused-ring (bicyclic) bond motifs is 1. The second-order valence-electron chi connectivity index (χ2n) is 5.01. The summed E-state index contributed by atoms with van der Waals surface area (Å²) in [6.45, 7) is 0.0962. The van der Waals surface area contributed by atoms with Gasteiger partial charge in [0.2, 0.25) is 0 Å². The molecule has 0 aliphatic carbocycles. The van der Waals surface area contributed by atoms with Crippen LogP contribution in [0, 0.1) is 12.3 Å². The van der Waals surface area contributed by atoms with E-state index in [-0.39, 0.29) is 6.61 Å². The van der Waals surface area contributed by atoms with Crippen LogP contribution in [0.5, 0.6) is 5.75 Å². The van der Waals surface area contributed by atoms with E-state index in [1.165, 1.54) is 6.21 Å². The topological polar surface area (TPSA) is 76.5 Å². The van der Waals surface area contributed by atoms with E-state index in [1.807, 2.05) is 0 Å². The van der Waals surface area contributed by atoms with Gasteiger partial charge >= 0.3 is 5.69 Å². The van der Waals surface area contributed by atoms with E-state index in [4.69, 9.17) is 11.2 Å². The Morgan fingerprint density at radius 3 is 2.88 bits per heavy atom. The van der Waals surface area contributed by atoms with Gasteiger partial charge in [-0.05, 0) is 30.3 Å². The lowest BCUT2D eigenvalue weighted by atomic mass is 10.2. The monoisotopic (exact) mass is 397 g/mol. The molecule has 7 heteroatoms. The minimum absolute atomic E-state index is 0.0962. The number of hydrogen-bond acceptors (Lipinski definition) is 4. The van der Waals surface area contributed by atoms with Gasteiger partial charge in [0.25, 0.3) is 5.56 Å². The molecule has 0 amide bonds. The molecule has 0 saturated carbocycles. The van der Waals surface area contributed by atoms with Crippen molar-refractivity contribution in [2.45, 2.75) is 0 Å². The fourth-order valence-electron chi connectivity index (χ4n) is 2.25. The number of ether oxygens (including phenoxy) is 1. The van der Waals surface area contributed by atoms with Crippen molar-refractivity contribution in [3.05, 3.63) is 73.3 Å². The minimum Gasteiger partial charge on any atom is -0.480 e. The number of nitrogens with one attached hydrogen (secondary N) is 1. The van der Waals surface area contributed by atoms with Crippen LogP contribution in [0.2, 0.25) is 0 Å². The van der Waals surface area contributed by atoms with Crippen molar-refractivity contribution in [1.82, 2.24) is 9.66 Å².